The van der Waals surface area contributed by atoms with Gasteiger partial charge in [-0.25, -0.2) is 9.98 Å². The quantitative estimate of drug-likeness (QED) is 0.572. The summed E-state index contributed by atoms with van der Waals surface area (Å²) in [6.07, 6.45) is 5.30. The standard InChI is InChI=1S/C17H30N4OS2/c1-4-16-20-14(12-23-16)11-19-17(18-5-2)21-13-8-7-9-15(10-13)24(22)6-3/h12-13,15H,4-11H2,1-3H3,(H2,18,19,21). The van der Waals surface area contributed by atoms with Crippen LogP contribution in [-0.4, -0.2) is 38.7 Å². The first-order valence-corrected chi connectivity index (χ1v) is 11.3. The van der Waals surface area contributed by atoms with Gasteiger partial charge in [0.15, 0.2) is 5.96 Å². The molecule has 2 N–H and O–H groups in total. The first kappa shape index (κ1) is 19.4. The Morgan fingerprint density at radius 2 is 2.25 bits per heavy atom. The topological polar surface area (TPSA) is 66.4 Å². The molecule has 1 aliphatic carbocycles. The van der Waals surface area contributed by atoms with Crippen LogP contribution in [0.3, 0.4) is 0 Å². The largest absolute Gasteiger partial charge is 0.357 e. The van der Waals surface area contributed by atoms with Crippen LogP contribution in [-0.2, 0) is 23.8 Å². The monoisotopic (exact) mass is 370 g/mol. The summed E-state index contributed by atoms with van der Waals surface area (Å²) < 4.78 is 12.1. The fourth-order valence-corrected chi connectivity index (χ4v) is 5.09. The second-order valence-electron chi connectivity index (χ2n) is 6.08. The zero-order valence-electron chi connectivity index (χ0n) is 15.0. The first-order valence-electron chi connectivity index (χ1n) is 9.01. The van der Waals surface area contributed by atoms with E-state index in [9.17, 15) is 4.21 Å². The molecule has 2 rings (SSSR count). The van der Waals surface area contributed by atoms with Crippen LogP contribution in [0.25, 0.3) is 0 Å². The molecule has 1 fully saturated rings. The van der Waals surface area contributed by atoms with E-state index in [0.717, 1.165) is 61.1 Å². The van der Waals surface area contributed by atoms with Crippen molar-refractivity contribution in [1.82, 2.24) is 15.6 Å². The van der Waals surface area contributed by atoms with E-state index in [2.05, 4.69) is 39.8 Å². The predicted octanol–water partition coefficient (Wildman–Crippen LogP) is 2.84. The molecule has 0 aliphatic heterocycles. The van der Waals surface area contributed by atoms with E-state index < -0.39 is 10.8 Å². The van der Waals surface area contributed by atoms with Crippen molar-refractivity contribution in [3.63, 3.8) is 0 Å². The minimum Gasteiger partial charge on any atom is -0.357 e. The lowest BCUT2D eigenvalue weighted by molar-refractivity contribution is 0.413. The van der Waals surface area contributed by atoms with Crippen LogP contribution < -0.4 is 10.6 Å². The van der Waals surface area contributed by atoms with Crippen molar-refractivity contribution >= 4 is 28.1 Å². The number of hydrogen-bond acceptors (Lipinski definition) is 4. The Bertz CT molecular complexity index is 559. The van der Waals surface area contributed by atoms with Gasteiger partial charge in [0.25, 0.3) is 0 Å². The Hall–Kier alpha value is -0.950. The highest BCUT2D eigenvalue weighted by Crippen LogP contribution is 2.23. The molecule has 0 saturated heterocycles. The second kappa shape index (κ2) is 10.1. The second-order valence-corrected chi connectivity index (χ2v) is 9.03. The SMILES string of the molecule is CCNC(=NCc1csc(CC)n1)NC1CCCC(S(=O)CC)C1. The molecule has 3 unspecified atom stereocenters. The van der Waals surface area contributed by atoms with Gasteiger partial charge in [-0.05, 0) is 32.6 Å². The molecule has 136 valence electrons. The molecule has 1 heterocycles. The molecule has 1 saturated carbocycles. The fraction of sp³-hybridized carbons (Fsp3) is 0.765. The molecule has 1 aromatic rings. The average Bonchev–Trinajstić information content (AvgIpc) is 3.07. The van der Waals surface area contributed by atoms with Gasteiger partial charge < -0.3 is 10.6 Å². The Balaban J connectivity index is 1.94. The molecule has 24 heavy (non-hydrogen) atoms. The molecular weight excluding hydrogens is 340 g/mol. The average molecular weight is 371 g/mol. The zero-order valence-corrected chi connectivity index (χ0v) is 16.6. The van der Waals surface area contributed by atoms with Crippen molar-refractivity contribution in [2.45, 2.75) is 70.7 Å². The Morgan fingerprint density at radius 3 is 2.92 bits per heavy atom. The van der Waals surface area contributed by atoms with Gasteiger partial charge in [0.1, 0.15) is 0 Å². The molecule has 5 nitrogen and oxygen atoms in total. The van der Waals surface area contributed by atoms with Gasteiger partial charge >= 0.3 is 0 Å². The Morgan fingerprint density at radius 1 is 1.42 bits per heavy atom. The lowest BCUT2D eigenvalue weighted by atomic mass is 9.95. The summed E-state index contributed by atoms with van der Waals surface area (Å²) in [6, 6.07) is 0.360. The van der Waals surface area contributed by atoms with Crippen LogP contribution in [0, 0.1) is 0 Å². The Kier molecular flexibility index (Phi) is 8.18. The van der Waals surface area contributed by atoms with E-state index in [4.69, 9.17) is 0 Å². The number of thiazole rings is 1. The summed E-state index contributed by atoms with van der Waals surface area (Å²) in [6.45, 7) is 7.64. The highest BCUT2D eigenvalue weighted by Gasteiger charge is 2.26. The minimum atomic E-state index is -0.693. The van der Waals surface area contributed by atoms with Crippen LogP contribution >= 0.6 is 11.3 Å². The van der Waals surface area contributed by atoms with E-state index in [1.807, 2.05) is 6.92 Å². The van der Waals surface area contributed by atoms with Gasteiger partial charge in [0, 0.05) is 39.8 Å². The number of rotatable bonds is 7. The molecule has 0 aromatic carbocycles. The number of nitrogens with zero attached hydrogens (tertiary/aromatic N) is 2. The van der Waals surface area contributed by atoms with Crippen molar-refractivity contribution in [3.8, 4) is 0 Å². The number of hydrogen-bond donors (Lipinski definition) is 2. The van der Waals surface area contributed by atoms with E-state index in [1.54, 1.807) is 11.3 Å². The van der Waals surface area contributed by atoms with Crippen molar-refractivity contribution in [3.05, 3.63) is 16.1 Å². The lowest BCUT2D eigenvalue weighted by Crippen LogP contribution is -2.46. The number of guanidine groups is 1. The zero-order chi connectivity index (χ0) is 17.4. The first-order chi connectivity index (χ1) is 11.7. The maximum atomic E-state index is 12.1. The Labute approximate surface area is 152 Å². The molecule has 0 amide bonds. The molecule has 1 aromatic heterocycles. The molecule has 1 aliphatic rings. The molecule has 0 bridgehead atoms. The smallest absolute Gasteiger partial charge is 0.191 e. The third-order valence-electron chi connectivity index (χ3n) is 4.27. The highest BCUT2D eigenvalue weighted by molar-refractivity contribution is 7.85. The van der Waals surface area contributed by atoms with Crippen LogP contribution in [0.2, 0.25) is 0 Å². The molecule has 0 spiro atoms. The summed E-state index contributed by atoms with van der Waals surface area (Å²) in [5.41, 5.74) is 1.03. The van der Waals surface area contributed by atoms with E-state index in [0.29, 0.717) is 17.8 Å². The number of nitrogens with one attached hydrogen (secondary N) is 2. The van der Waals surface area contributed by atoms with Gasteiger partial charge in [0.2, 0.25) is 0 Å². The molecular formula is C17H30N4OS2. The van der Waals surface area contributed by atoms with Gasteiger partial charge in [-0.2, -0.15) is 0 Å². The van der Waals surface area contributed by atoms with Crippen LogP contribution in [0.5, 0.6) is 0 Å². The number of aryl methyl sites for hydroxylation is 1. The number of aliphatic imine (C=N–C) groups is 1. The maximum Gasteiger partial charge on any atom is 0.191 e. The summed E-state index contributed by atoms with van der Waals surface area (Å²) in [4.78, 5) is 9.25. The van der Waals surface area contributed by atoms with Gasteiger partial charge in [-0.15, -0.1) is 11.3 Å². The van der Waals surface area contributed by atoms with Crippen LogP contribution in [0.15, 0.2) is 10.4 Å². The van der Waals surface area contributed by atoms with E-state index in [-0.39, 0.29) is 0 Å². The van der Waals surface area contributed by atoms with Crippen molar-refractivity contribution in [2.24, 2.45) is 4.99 Å². The van der Waals surface area contributed by atoms with Crippen molar-refractivity contribution in [2.75, 3.05) is 12.3 Å². The molecule has 0 radical (unpaired) electrons. The summed E-state index contributed by atoms with van der Waals surface area (Å²) in [5, 5.41) is 10.4. The van der Waals surface area contributed by atoms with E-state index >= 15 is 0 Å². The van der Waals surface area contributed by atoms with Gasteiger partial charge in [0.05, 0.1) is 17.2 Å². The fourth-order valence-electron chi connectivity index (χ4n) is 3.01. The van der Waals surface area contributed by atoms with Gasteiger partial charge in [-0.1, -0.05) is 20.3 Å². The van der Waals surface area contributed by atoms with Crippen molar-refractivity contribution in [1.29, 1.82) is 0 Å². The predicted molar refractivity (Wildman–Crippen MR) is 104 cm³/mol. The molecule has 7 heteroatoms. The normalized spacial score (nSPS) is 23.0. The van der Waals surface area contributed by atoms with Gasteiger partial charge in [-0.3, -0.25) is 4.21 Å². The maximum absolute atomic E-state index is 12.1. The third-order valence-corrected chi connectivity index (χ3v) is 7.05. The van der Waals surface area contributed by atoms with E-state index in [1.165, 1.54) is 0 Å². The lowest BCUT2D eigenvalue weighted by Gasteiger charge is -2.30. The minimum absolute atomic E-state index is 0.328. The molecule has 3 atom stereocenters. The van der Waals surface area contributed by atoms with Crippen LogP contribution in [0.4, 0.5) is 0 Å². The third kappa shape index (κ3) is 5.84. The van der Waals surface area contributed by atoms with Crippen molar-refractivity contribution < 1.29 is 4.21 Å². The van der Waals surface area contributed by atoms with Crippen LogP contribution in [0.1, 0.15) is 57.2 Å². The summed E-state index contributed by atoms with van der Waals surface area (Å²) in [5.74, 6) is 1.60. The number of aromatic nitrogens is 1. The highest BCUT2D eigenvalue weighted by atomic mass is 32.2. The summed E-state index contributed by atoms with van der Waals surface area (Å²) >= 11 is 1.70. The summed E-state index contributed by atoms with van der Waals surface area (Å²) in [7, 11) is -0.693.